The highest BCUT2D eigenvalue weighted by molar-refractivity contribution is 9.10. The van der Waals surface area contributed by atoms with E-state index >= 15 is 0 Å². The molecule has 2 aromatic rings. The largest absolute Gasteiger partial charge is 0.396 e. The number of aliphatic hydroxyl groups is 2. The number of hydrogen-bond acceptors (Lipinski definition) is 5. The fourth-order valence-electron chi connectivity index (χ4n) is 1.54. The second kappa shape index (κ2) is 5.61. The van der Waals surface area contributed by atoms with E-state index in [2.05, 4.69) is 25.9 Å². The van der Waals surface area contributed by atoms with Crippen molar-refractivity contribution in [2.75, 3.05) is 6.61 Å². The molecule has 0 amide bonds. The topological polar surface area (TPSA) is 100 Å². The minimum absolute atomic E-state index is 0.0414. The van der Waals surface area contributed by atoms with Gasteiger partial charge in [0.2, 0.25) is 0 Å². The summed E-state index contributed by atoms with van der Waals surface area (Å²) in [5, 5.41) is 18.4. The maximum absolute atomic E-state index is 11.6. The summed E-state index contributed by atoms with van der Waals surface area (Å²) in [4.78, 5) is 18.1. The number of rotatable bonds is 5. The van der Waals surface area contributed by atoms with Crippen LogP contribution in [0.3, 0.4) is 0 Å². The monoisotopic (exact) mass is 317 g/mol. The summed E-state index contributed by atoms with van der Waals surface area (Å²) < 4.78 is 7.31. The Morgan fingerprint density at radius 3 is 3.11 bits per heavy atom. The molecule has 2 aromatic heterocycles. The molecule has 0 saturated heterocycles. The molecule has 18 heavy (non-hydrogen) atoms. The van der Waals surface area contributed by atoms with E-state index in [0.717, 1.165) is 0 Å². The molecule has 1 atom stereocenters. The molecule has 0 radical (unpaired) electrons. The number of aromatic nitrogens is 3. The molecule has 2 heterocycles. The molecule has 7 nitrogen and oxygen atoms in total. The van der Waals surface area contributed by atoms with Gasteiger partial charge < -0.3 is 24.5 Å². The molecular weight excluding hydrogens is 306 g/mol. The molecule has 0 spiro atoms. The fourth-order valence-corrected chi connectivity index (χ4v) is 2.15. The van der Waals surface area contributed by atoms with Gasteiger partial charge in [-0.1, -0.05) is 0 Å². The average Bonchev–Trinajstić information content (AvgIpc) is 2.65. The smallest absolute Gasteiger partial charge is 0.261 e. The molecule has 0 saturated carbocycles. The molecule has 0 aliphatic heterocycles. The lowest BCUT2D eigenvalue weighted by Gasteiger charge is -2.11. The summed E-state index contributed by atoms with van der Waals surface area (Å²) in [5.74, 6) is 0. The van der Waals surface area contributed by atoms with Crippen LogP contribution >= 0.6 is 15.9 Å². The van der Waals surface area contributed by atoms with Gasteiger partial charge in [-0.25, -0.2) is 4.98 Å². The van der Waals surface area contributed by atoms with Crippen LogP contribution < -0.4 is 5.56 Å². The van der Waals surface area contributed by atoms with Crippen LogP contribution in [-0.2, 0) is 11.5 Å². The van der Waals surface area contributed by atoms with Crippen LogP contribution in [0, 0.1) is 0 Å². The lowest BCUT2D eigenvalue weighted by Crippen LogP contribution is -2.16. The van der Waals surface area contributed by atoms with Gasteiger partial charge in [0.25, 0.3) is 5.56 Å². The Balaban J connectivity index is 2.24. The molecule has 0 fully saturated rings. The van der Waals surface area contributed by atoms with Crippen LogP contribution in [0.5, 0.6) is 0 Å². The first-order valence-electron chi connectivity index (χ1n) is 5.26. The molecule has 1 unspecified atom stereocenters. The fraction of sp³-hybridized carbons (Fsp3) is 0.400. The first kappa shape index (κ1) is 13.2. The van der Waals surface area contributed by atoms with Gasteiger partial charge in [-0.05, 0) is 15.9 Å². The Bertz CT molecular complexity index is 594. The third kappa shape index (κ3) is 2.61. The van der Waals surface area contributed by atoms with Gasteiger partial charge in [-0.3, -0.25) is 4.79 Å². The number of ether oxygens (including phenoxy) is 1. The molecular formula is C10H12BrN3O4. The first-order valence-corrected chi connectivity index (χ1v) is 6.05. The van der Waals surface area contributed by atoms with Gasteiger partial charge in [-0.15, -0.1) is 0 Å². The first-order chi connectivity index (χ1) is 8.63. The number of nitrogens with one attached hydrogen (secondary N) is 1. The van der Waals surface area contributed by atoms with Crippen molar-refractivity contribution in [1.29, 1.82) is 0 Å². The van der Waals surface area contributed by atoms with Crippen molar-refractivity contribution in [3.63, 3.8) is 0 Å². The molecule has 3 N–H and O–H groups in total. The predicted octanol–water partition coefficient (Wildman–Crippen LogP) is 0.162. The minimum atomic E-state index is -1.05. The maximum Gasteiger partial charge on any atom is 0.261 e. The van der Waals surface area contributed by atoms with Gasteiger partial charge in [0.15, 0.2) is 6.29 Å². The lowest BCUT2D eigenvalue weighted by molar-refractivity contribution is -0.132. The van der Waals surface area contributed by atoms with E-state index in [9.17, 15) is 9.90 Å². The Morgan fingerprint density at radius 1 is 1.61 bits per heavy atom. The molecule has 8 heteroatoms. The van der Waals surface area contributed by atoms with Gasteiger partial charge >= 0.3 is 0 Å². The third-order valence-electron chi connectivity index (χ3n) is 2.40. The van der Waals surface area contributed by atoms with Gasteiger partial charge in [-0.2, -0.15) is 0 Å². The van der Waals surface area contributed by atoms with Gasteiger partial charge in [0, 0.05) is 19.2 Å². The second-order valence-electron chi connectivity index (χ2n) is 3.64. The van der Waals surface area contributed by atoms with Crippen LogP contribution in [0.15, 0.2) is 21.8 Å². The summed E-state index contributed by atoms with van der Waals surface area (Å²) in [6.45, 7) is -0.116. The van der Waals surface area contributed by atoms with Crippen LogP contribution in [0.25, 0.3) is 11.0 Å². The highest BCUT2D eigenvalue weighted by atomic mass is 79.9. The van der Waals surface area contributed by atoms with E-state index in [1.807, 2.05) is 0 Å². The molecule has 2 rings (SSSR count). The van der Waals surface area contributed by atoms with Crippen molar-refractivity contribution >= 4 is 27.0 Å². The van der Waals surface area contributed by atoms with Crippen LogP contribution in [0.4, 0.5) is 0 Å². The van der Waals surface area contributed by atoms with E-state index < -0.39 is 6.29 Å². The summed E-state index contributed by atoms with van der Waals surface area (Å²) in [6, 6.07) is 0. The minimum Gasteiger partial charge on any atom is -0.396 e. The molecule has 0 bridgehead atoms. The number of aliphatic hydroxyl groups excluding tert-OH is 2. The Morgan fingerprint density at radius 2 is 2.39 bits per heavy atom. The number of nitrogens with zero attached hydrogens (tertiary/aromatic N) is 2. The summed E-state index contributed by atoms with van der Waals surface area (Å²) in [6.07, 6.45) is 2.04. The van der Waals surface area contributed by atoms with Crippen molar-refractivity contribution in [1.82, 2.24) is 14.5 Å². The van der Waals surface area contributed by atoms with Crippen LogP contribution in [0.2, 0.25) is 0 Å². The van der Waals surface area contributed by atoms with Gasteiger partial charge in [0.1, 0.15) is 12.4 Å². The summed E-state index contributed by atoms with van der Waals surface area (Å²) in [5.41, 5.74) is 0.211. The number of halogens is 1. The molecule has 0 aliphatic carbocycles. The summed E-state index contributed by atoms with van der Waals surface area (Å²) >= 11 is 3.27. The zero-order chi connectivity index (χ0) is 13.1. The van der Waals surface area contributed by atoms with E-state index in [1.165, 1.54) is 6.33 Å². The van der Waals surface area contributed by atoms with Crippen molar-refractivity contribution in [3.05, 3.63) is 27.4 Å². The van der Waals surface area contributed by atoms with E-state index in [0.29, 0.717) is 15.5 Å². The normalized spacial score (nSPS) is 13.1. The number of H-pyrrole nitrogens is 1. The zero-order valence-electron chi connectivity index (χ0n) is 9.34. The Labute approximate surface area is 110 Å². The SMILES string of the molecule is O=c1[nH]cnc2c1c(Br)cn2COC(O)CCO. The Kier molecular flexibility index (Phi) is 4.12. The standard InChI is InChI=1S/C10H12BrN3O4/c11-6-3-14(5-18-7(16)1-2-15)9-8(6)10(17)13-4-12-9/h3-4,7,15-16H,1-2,5H2,(H,12,13,17). The van der Waals surface area contributed by atoms with Crippen molar-refractivity contribution in [2.24, 2.45) is 0 Å². The zero-order valence-corrected chi connectivity index (χ0v) is 10.9. The summed E-state index contributed by atoms with van der Waals surface area (Å²) in [7, 11) is 0. The maximum atomic E-state index is 11.6. The number of fused-ring (bicyclic) bond motifs is 1. The lowest BCUT2D eigenvalue weighted by atomic mass is 10.4. The third-order valence-corrected chi connectivity index (χ3v) is 3.00. The number of hydrogen-bond donors (Lipinski definition) is 3. The Hall–Kier alpha value is -1.22. The molecule has 0 aromatic carbocycles. The highest BCUT2D eigenvalue weighted by Crippen LogP contribution is 2.21. The second-order valence-corrected chi connectivity index (χ2v) is 4.49. The van der Waals surface area contributed by atoms with Crippen molar-refractivity contribution in [2.45, 2.75) is 19.4 Å². The van der Waals surface area contributed by atoms with E-state index in [-0.39, 0.29) is 25.3 Å². The average molecular weight is 318 g/mol. The molecule has 0 aliphatic rings. The van der Waals surface area contributed by atoms with E-state index in [1.54, 1.807) is 10.8 Å². The van der Waals surface area contributed by atoms with Crippen molar-refractivity contribution < 1.29 is 14.9 Å². The molecule has 98 valence electrons. The quantitative estimate of drug-likeness (QED) is 0.682. The highest BCUT2D eigenvalue weighted by Gasteiger charge is 2.12. The van der Waals surface area contributed by atoms with Crippen LogP contribution in [0.1, 0.15) is 6.42 Å². The van der Waals surface area contributed by atoms with Crippen LogP contribution in [-0.4, -0.2) is 37.6 Å². The van der Waals surface area contributed by atoms with Gasteiger partial charge in [0.05, 0.1) is 16.2 Å². The van der Waals surface area contributed by atoms with E-state index in [4.69, 9.17) is 9.84 Å². The number of aromatic amines is 1. The predicted molar refractivity (Wildman–Crippen MR) is 66.8 cm³/mol. The van der Waals surface area contributed by atoms with Crippen molar-refractivity contribution in [3.8, 4) is 0 Å².